The van der Waals surface area contributed by atoms with Crippen molar-refractivity contribution in [2.75, 3.05) is 38.4 Å². The van der Waals surface area contributed by atoms with Crippen LogP contribution in [0.4, 0.5) is 5.13 Å². The molecule has 0 saturated carbocycles. The summed E-state index contributed by atoms with van der Waals surface area (Å²) in [5, 5.41) is 12.0. The van der Waals surface area contributed by atoms with Gasteiger partial charge in [0.1, 0.15) is 24.7 Å². The summed E-state index contributed by atoms with van der Waals surface area (Å²) in [6.45, 7) is 5.83. The first kappa shape index (κ1) is 30.3. The van der Waals surface area contributed by atoms with E-state index in [1.165, 1.54) is 23.3 Å². The molecule has 1 aromatic heterocycles. The zero-order valence-corrected chi connectivity index (χ0v) is 26.1. The Morgan fingerprint density at radius 1 is 0.978 bits per heavy atom. The maximum absolute atomic E-state index is 13.8. The zero-order valence-electron chi connectivity index (χ0n) is 25.3. The van der Waals surface area contributed by atoms with Gasteiger partial charge in [-0.05, 0) is 67.4 Å². The second kappa shape index (κ2) is 13.1. The maximum atomic E-state index is 13.8. The van der Waals surface area contributed by atoms with Gasteiger partial charge in [0, 0.05) is 5.56 Å². The molecule has 1 atom stereocenters. The maximum Gasteiger partial charge on any atom is 0.301 e. The second-order valence-electron chi connectivity index (χ2n) is 10.6. The number of nitrogens with zero attached hydrogens (tertiary/aromatic N) is 2. The molecule has 1 saturated heterocycles. The predicted octanol–water partition coefficient (Wildman–Crippen LogP) is 6.67. The largest absolute Gasteiger partial charge is 0.507 e. The Balaban J connectivity index is 1.47. The molecule has 45 heavy (non-hydrogen) atoms. The summed E-state index contributed by atoms with van der Waals surface area (Å²) >= 11 is 1.26. The number of rotatable bonds is 11. The highest BCUT2D eigenvalue weighted by atomic mass is 32.1. The molecule has 10 nitrogen and oxygen atoms in total. The summed E-state index contributed by atoms with van der Waals surface area (Å²) in [5.74, 6) is 0.674. The Morgan fingerprint density at radius 2 is 1.80 bits per heavy atom. The van der Waals surface area contributed by atoms with Gasteiger partial charge in [0.05, 0.1) is 42.2 Å². The number of thiazole rings is 1. The third kappa shape index (κ3) is 5.87. The van der Waals surface area contributed by atoms with Gasteiger partial charge in [-0.3, -0.25) is 14.5 Å². The van der Waals surface area contributed by atoms with E-state index in [0.717, 1.165) is 24.0 Å². The number of ketones is 1. The summed E-state index contributed by atoms with van der Waals surface area (Å²) in [6, 6.07) is 14.7. The van der Waals surface area contributed by atoms with Crippen LogP contribution in [0.25, 0.3) is 16.0 Å². The van der Waals surface area contributed by atoms with Crippen LogP contribution in [0.15, 0.2) is 60.2 Å². The lowest BCUT2D eigenvalue weighted by atomic mass is 9.95. The fraction of sp³-hybridized carbons (Fsp3) is 0.324. The van der Waals surface area contributed by atoms with E-state index in [-0.39, 0.29) is 11.3 Å². The normalized spacial score (nSPS) is 17.1. The number of carbonyl (C=O) groups is 2. The molecule has 3 heterocycles. The molecule has 1 amide bonds. The van der Waals surface area contributed by atoms with Crippen molar-refractivity contribution in [3.63, 3.8) is 0 Å². The van der Waals surface area contributed by atoms with Gasteiger partial charge in [-0.25, -0.2) is 4.98 Å². The fourth-order valence-electron chi connectivity index (χ4n) is 5.45. The third-order valence-electron chi connectivity index (χ3n) is 7.63. The minimum absolute atomic E-state index is 0.0791. The monoisotopic (exact) mass is 630 g/mol. The SMILES string of the molecule is CCCCCOc1ccc([C@@H]2/C(=C(\O)c3ccc4c(c3)OCCO4)C(=O)C(=O)N2c2nc3ccc(OCC)cc3s2)cc1OC. The molecule has 0 spiro atoms. The fourth-order valence-corrected chi connectivity index (χ4v) is 6.47. The van der Waals surface area contributed by atoms with Crippen molar-refractivity contribution in [1.29, 1.82) is 0 Å². The lowest BCUT2D eigenvalue weighted by Crippen LogP contribution is -2.29. The van der Waals surface area contributed by atoms with Crippen LogP contribution >= 0.6 is 11.3 Å². The van der Waals surface area contributed by atoms with E-state index in [1.54, 1.807) is 36.4 Å². The van der Waals surface area contributed by atoms with Gasteiger partial charge in [0.25, 0.3) is 5.78 Å². The number of methoxy groups -OCH3 is 1. The lowest BCUT2D eigenvalue weighted by Gasteiger charge is -2.24. The number of aliphatic hydroxyl groups excluding tert-OH is 1. The number of hydrogen-bond acceptors (Lipinski definition) is 10. The smallest absolute Gasteiger partial charge is 0.301 e. The van der Waals surface area contributed by atoms with Gasteiger partial charge in [-0.2, -0.15) is 0 Å². The minimum Gasteiger partial charge on any atom is -0.507 e. The van der Waals surface area contributed by atoms with Gasteiger partial charge in [-0.1, -0.05) is 37.2 Å². The molecule has 4 aromatic rings. The van der Waals surface area contributed by atoms with Crippen molar-refractivity contribution in [2.24, 2.45) is 0 Å². The summed E-state index contributed by atoms with van der Waals surface area (Å²) in [5.41, 5.74) is 1.43. The van der Waals surface area contributed by atoms with Crippen LogP contribution in [0.1, 0.15) is 50.3 Å². The van der Waals surface area contributed by atoms with Crippen LogP contribution in [0.5, 0.6) is 28.7 Å². The first-order chi connectivity index (χ1) is 21.9. The molecular weight excluding hydrogens is 596 g/mol. The third-order valence-corrected chi connectivity index (χ3v) is 8.65. The van der Waals surface area contributed by atoms with Crippen molar-refractivity contribution >= 4 is 44.1 Å². The molecule has 234 valence electrons. The van der Waals surface area contributed by atoms with E-state index in [0.29, 0.717) is 77.0 Å². The Morgan fingerprint density at radius 3 is 2.58 bits per heavy atom. The number of Topliss-reactive ketones (excluding diaryl/α,β-unsaturated/α-hetero) is 1. The standard InChI is InChI=1S/C34H34N2O8S/c1-4-6-7-14-42-24-12-8-20(17-26(24)40-3)30-29(31(37)21-9-13-25-27(18-21)44-16-15-43-25)32(38)33(39)36(30)34-35-23-11-10-22(41-5-2)19-28(23)45-34/h8-13,17-19,30,37H,4-7,14-16H2,1-3H3/b31-29+/t30-/m1/s1. The molecular formula is C34H34N2O8S. The molecule has 2 aliphatic heterocycles. The number of ether oxygens (including phenoxy) is 5. The molecule has 3 aromatic carbocycles. The lowest BCUT2D eigenvalue weighted by molar-refractivity contribution is -0.132. The molecule has 1 fully saturated rings. The van der Waals surface area contributed by atoms with Crippen molar-refractivity contribution in [1.82, 2.24) is 4.98 Å². The number of fused-ring (bicyclic) bond motifs is 2. The highest BCUT2D eigenvalue weighted by molar-refractivity contribution is 7.22. The number of aromatic nitrogens is 1. The molecule has 2 aliphatic rings. The summed E-state index contributed by atoms with van der Waals surface area (Å²) in [6.07, 6.45) is 3.02. The van der Waals surface area contributed by atoms with Crippen LogP contribution in [0, 0.1) is 0 Å². The van der Waals surface area contributed by atoms with Gasteiger partial charge in [0.15, 0.2) is 28.1 Å². The van der Waals surface area contributed by atoms with Gasteiger partial charge in [-0.15, -0.1) is 0 Å². The Hall–Kier alpha value is -4.77. The number of hydrogen-bond donors (Lipinski definition) is 1. The van der Waals surface area contributed by atoms with E-state index in [2.05, 4.69) is 6.92 Å². The molecule has 0 aliphatic carbocycles. The molecule has 0 bridgehead atoms. The quantitative estimate of drug-likeness (QED) is 0.0839. The highest BCUT2D eigenvalue weighted by Crippen LogP contribution is 2.46. The van der Waals surface area contributed by atoms with Gasteiger partial charge >= 0.3 is 5.91 Å². The summed E-state index contributed by atoms with van der Waals surface area (Å²) in [7, 11) is 1.54. The van der Waals surface area contributed by atoms with E-state index < -0.39 is 17.7 Å². The van der Waals surface area contributed by atoms with Crippen molar-refractivity contribution < 1.29 is 38.4 Å². The first-order valence-corrected chi connectivity index (χ1v) is 15.8. The van der Waals surface area contributed by atoms with Crippen LogP contribution in [0.2, 0.25) is 0 Å². The number of amides is 1. The minimum atomic E-state index is -1.01. The first-order valence-electron chi connectivity index (χ1n) is 15.0. The van der Waals surface area contributed by atoms with Gasteiger partial charge < -0.3 is 28.8 Å². The Bertz CT molecular complexity index is 1780. The molecule has 0 unspecified atom stereocenters. The highest BCUT2D eigenvalue weighted by Gasteiger charge is 2.48. The number of benzene rings is 3. The second-order valence-corrected chi connectivity index (χ2v) is 11.6. The van der Waals surface area contributed by atoms with Crippen LogP contribution in [-0.4, -0.2) is 55.3 Å². The molecule has 1 N–H and O–H groups in total. The molecule has 0 radical (unpaired) electrons. The van der Waals surface area contributed by atoms with Crippen LogP contribution in [0.3, 0.4) is 0 Å². The zero-order chi connectivity index (χ0) is 31.5. The van der Waals surface area contributed by atoms with Crippen LogP contribution < -0.4 is 28.6 Å². The number of carbonyl (C=O) groups excluding carboxylic acids is 2. The summed E-state index contributed by atoms with van der Waals surface area (Å²) < 4.78 is 29.4. The van der Waals surface area contributed by atoms with Crippen molar-refractivity contribution in [3.05, 3.63) is 71.3 Å². The Kier molecular flexibility index (Phi) is 8.79. The predicted molar refractivity (Wildman–Crippen MR) is 171 cm³/mol. The van der Waals surface area contributed by atoms with Crippen LogP contribution in [-0.2, 0) is 9.59 Å². The van der Waals surface area contributed by atoms with E-state index >= 15 is 0 Å². The molecule has 6 rings (SSSR count). The van der Waals surface area contributed by atoms with Gasteiger partial charge in [0.2, 0.25) is 0 Å². The van der Waals surface area contributed by atoms with E-state index in [9.17, 15) is 14.7 Å². The van der Waals surface area contributed by atoms with E-state index in [1.807, 2.05) is 25.1 Å². The average Bonchev–Trinajstić information content (AvgIpc) is 3.60. The summed E-state index contributed by atoms with van der Waals surface area (Å²) in [4.78, 5) is 33.7. The van der Waals surface area contributed by atoms with Crippen molar-refractivity contribution in [2.45, 2.75) is 39.2 Å². The number of unbranched alkanes of at least 4 members (excludes halogenated alkanes) is 2. The average molecular weight is 631 g/mol. The number of aliphatic hydroxyl groups is 1. The van der Waals surface area contributed by atoms with E-state index in [4.69, 9.17) is 28.7 Å². The topological polar surface area (TPSA) is 117 Å². The molecule has 11 heteroatoms. The van der Waals surface area contributed by atoms with Crippen molar-refractivity contribution in [3.8, 4) is 28.7 Å². The Labute approximate surface area is 264 Å². The number of anilines is 1.